The number of phenolic OH excluding ortho intramolecular Hbond substituents is 1. The van der Waals surface area contributed by atoms with Crippen LogP contribution in [0.2, 0.25) is 0 Å². The van der Waals surface area contributed by atoms with Crippen LogP contribution in [0.4, 0.5) is 4.79 Å². The first-order valence-electron chi connectivity index (χ1n) is 7.68. The van der Waals surface area contributed by atoms with Crippen LogP contribution in [0.5, 0.6) is 5.75 Å². The Morgan fingerprint density at radius 3 is 2.48 bits per heavy atom. The van der Waals surface area contributed by atoms with Crippen LogP contribution in [0.1, 0.15) is 38.7 Å². The minimum Gasteiger partial charge on any atom is -0.508 e. The number of nitrogens with zero attached hydrogens (tertiary/aromatic N) is 1. The molecule has 1 aromatic carbocycles. The van der Waals surface area contributed by atoms with Crippen molar-refractivity contribution >= 4 is 11.6 Å². The summed E-state index contributed by atoms with van der Waals surface area (Å²) in [6.07, 6.45) is 4.87. The smallest absolute Gasteiger partial charge is 0.317 e. The minimum atomic E-state index is 0.0321. The molecule has 0 unspecified atom stereocenters. The van der Waals surface area contributed by atoms with Gasteiger partial charge < -0.3 is 15.3 Å². The van der Waals surface area contributed by atoms with Gasteiger partial charge in [0.2, 0.25) is 0 Å². The van der Waals surface area contributed by atoms with Crippen LogP contribution in [0.15, 0.2) is 30.3 Å². The molecule has 4 nitrogen and oxygen atoms in total. The Labute approximate surface area is 126 Å². The van der Waals surface area contributed by atoms with Gasteiger partial charge in [0.15, 0.2) is 0 Å². The molecule has 0 spiro atoms. The van der Waals surface area contributed by atoms with E-state index in [1.54, 1.807) is 12.1 Å². The highest BCUT2D eigenvalue weighted by Crippen LogP contribution is 2.24. The van der Waals surface area contributed by atoms with Gasteiger partial charge in [-0.2, -0.15) is 0 Å². The van der Waals surface area contributed by atoms with Crippen LogP contribution in [0.25, 0.3) is 5.57 Å². The summed E-state index contributed by atoms with van der Waals surface area (Å²) in [4.78, 5) is 14.0. The number of nitrogens with one attached hydrogen (secondary N) is 1. The van der Waals surface area contributed by atoms with Crippen LogP contribution < -0.4 is 5.32 Å². The average Bonchev–Trinajstić information content (AvgIpc) is 2.53. The average molecular weight is 288 g/mol. The van der Waals surface area contributed by atoms with E-state index in [2.05, 4.69) is 25.2 Å². The normalized spacial score (nSPS) is 15.0. The fourth-order valence-electron chi connectivity index (χ4n) is 2.55. The Bertz CT molecular complexity index is 504. The van der Waals surface area contributed by atoms with Gasteiger partial charge in [-0.25, -0.2) is 4.79 Å². The van der Waals surface area contributed by atoms with Crippen molar-refractivity contribution in [3.8, 4) is 5.75 Å². The zero-order valence-electron chi connectivity index (χ0n) is 12.8. The Morgan fingerprint density at radius 1 is 1.29 bits per heavy atom. The summed E-state index contributed by atoms with van der Waals surface area (Å²) in [5.41, 5.74) is 2.36. The summed E-state index contributed by atoms with van der Waals surface area (Å²) in [5.74, 6) is 0.279. The fraction of sp³-hybridized carbons (Fsp3) is 0.471. The van der Waals surface area contributed by atoms with Gasteiger partial charge >= 0.3 is 6.03 Å². The van der Waals surface area contributed by atoms with Crippen molar-refractivity contribution < 1.29 is 9.90 Å². The van der Waals surface area contributed by atoms with E-state index in [-0.39, 0.29) is 17.8 Å². The summed E-state index contributed by atoms with van der Waals surface area (Å²) in [6, 6.07) is 7.53. The standard InChI is InChI=1S/C17H24N2O2/c1-3-15(4-2)18-17(21)19-11-9-14(10-12-19)13-5-7-16(20)8-6-13/h5-9,15,20H,3-4,10-12H2,1-2H3,(H,18,21). The van der Waals surface area contributed by atoms with E-state index in [1.165, 1.54) is 5.57 Å². The molecule has 1 aromatic rings. The lowest BCUT2D eigenvalue weighted by atomic mass is 9.99. The van der Waals surface area contributed by atoms with Crippen LogP contribution in [0.3, 0.4) is 0 Å². The maximum Gasteiger partial charge on any atom is 0.317 e. The number of amides is 2. The summed E-state index contributed by atoms with van der Waals surface area (Å²) < 4.78 is 0. The molecule has 0 atom stereocenters. The molecule has 1 heterocycles. The molecule has 0 saturated heterocycles. The number of carbonyl (C=O) groups excluding carboxylic acids is 1. The lowest BCUT2D eigenvalue weighted by molar-refractivity contribution is 0.198. The maximum atomic E-state index is 12.2. The van der Waals surface area contributed by atoms with E-state index >= 15 is 0 Å². The second-order valence-corrected chi connectivity index (χ2v) is 5.44. The molecule has 1 aliphatic rings. The third kappa shape index (κ3) is 4.00. The van der Waals surface area contributed by atoms with Crippen molar-refractivity contribution in [1.29, 1.82) is 0 Å². The van der Waals surface area contributed by atoms with Crippen LogP contribution in [-0.4, -0.2) is 35.2 Å². The van der Waals surface area contributed by atoms with E-state index < -0.39 is 0 Å². The largest absolute Gasteiger partial charge is 0.508 e. The van der Waals surface area contributed by atoms with Crippen molar-refractivity contribution in [3.05, 3.63) is 35.9 Å². The van der Waals surface area contributed by atoms with Crippen LogP contribution >= 0.6 is 0 Å². The molecule has 1 aliphatic heterocycles. The first-order chi connectivity index (χ1) is 10.1. The minimum absolute atomic E-state index is 0.0321. The van der Waals surface area contributed by atoms with Gasteiger partial charge in [0.1, 0.15) is 5.75 Å². The zero-order valence-corrected chi connectivity index (χ0v) is 12.8. The van der Waals surface area contributed by atoms with E-state index in [0.29, 0.717) is 6.54 Å². The molecule has 2 rings (SSSR count). The fourth-order valence-corrected chi connectivity index (χ4v) is 2.55. The van der Waals surface area contributed by atoms with Gasteiger partial charge in [0, 0.05) is 19.1 Å². The molecular formula is C17H24N2O2. The topological polar surface area (TPSA) is 52.6 Å². The van der Waals surface area contributed by atoms with Gasteiger partial charge in [-0.05, 0) is 42.5 Å². The van der Waals surface area contributed by atoms with Crippen molar-refractivity contribution in [3.63, 3.8) is 0 Å². The van der Waals surface area contributed by atoms with Crippen molar-refractivity contribution in [2.45, 2.75) is 39.2 Å². The Morgan fingerprint density at radius 2 is 1.95 bits per heavy atom. The number of hydrogen-bond donors (Lipinski definition) is 2. The summed E-state index contributed by atoms with van der Waals surface area (Å²) in [7, 11) is 0. The summed E-state index contributed by atoms with van der Waals surface area (Å²) in [5, 5.41) is 12.4. The van der Waals surface area contributed by atoms with Crippen LogP contribution in [0, 0.1) is 0 Å². The number of rotatable bonds is 4. The number of hydrogen-bond acceptors (Lipinski definition) is 2. The highest BCUT2D eigenvalue weighted by molar-refractivity contribution is 5.77. The summed E-state index contributed by atoms with van der Waals surface area (Å²) >= 11 is 0. The predicted octanol–water partition coefficient (Wildman–Crippen LogP) is 3.38. The highest BCUT2D eigenvalue weighted by Gasteiger charge is 2.19. The molecule has 2 amide bonds. The lowest BCUT2D eigenvalue weighted by Crippen LogP contribution is -2.46. The monoisotopic (exact) mass is 288 g/mol. The van der Waals surface area contributed by atoms with Gasteiger partial charge in [0.25, 0.3) is 0 Å². The van der Waals surface area contributed by atoms with Gasteiger partial charge in [0.05, 0.1) is 0 Å². The molecule has 0 radical (unpaired) electrons. The number of carbonyl (C=O) groups is 1. The van der Waals surface area contributed by atoms with Gasteiger partial charge in [-0.3, -0.25) is 0 Å². The molecular weight excluding hydrogens is 264 g/mol. The first-order valence-corrected chi connectivity index (χ1v) is 7.68. The SMILES string of the molecule is CCC(CC)NC(=O)N1CC=C(c2ccc(O)cc2)CC1. The lowest BCUT2D eigenvalue weighted by Gasteiger charge is -2.28. The van der Waals surface area contributed by atoms with Crippen molar-refractivity contribution in [1.82, 2.24) is 10.2 Å². The van der Waals surface area contributed by atoms with E-state index in [4.69, 9.17) is 0 Å². The number of phenols is 1. The predicted molar refractivity (Wildman–Crippen MR) is 85.2 cm³/mol. The number of urea groups is 1. The molecule has 0 fully saturated rings. The molecule has 4 heteroatoms. The Hall–Kier alpha value is -1.97. The Balaban J connectivity index is 1.95. The molecule has 114 valence electrons. The highest BCUT2D eigenvalue weighted by atomic mass is 16.3. The zero-order chi connectivity index (χ0) is 15.2. The van der Waals surface area contributed by atoms with E-state index in [1.807, 2.05) is 17.0 Å². The second kappa shape index (κ2) is 7.16. The van der Waals surface area contributed by atoms with Gasteiger partial charge in [-0.15, -0.1) is 0 Å². The summed E-state index contributed by atoms with van der Waals surface area (Å²) in [6.45, 7) is 5.56. The van der Waals surface area contributed by atoms with Crippen LogP contribution in [-0.2, 0) is 0 Å². The van der Waals surface area contributed by atoms with Crippen molar-refractivity contribution in [2.24, 2.45) is 0 Å². The molecule has 0 saturated carbocycles. The van der Waals surface area contributed by atoms with Gasteiger partial charge in [-0.1, -0.05) is 32.1 Å². The van der Waals surface area contributed by atoms with Crippen molar-refractivity contribution in [2.75, 3.05) is 13.1 Å². The molecule has 2 N–H and O–H groups in total. The maximum absolute atomic E-state index is 12.2. The second-order valence-electron chi connectivity index (χ2n) is 5.44. The number of benzene rings is 1. The molecule has 0 aromatic heterocycles. The van der Waals surface area contributed by atoms with E-state index in [0.717, 1.165) is 31.4 Å². The molecule has 0 aliphatic carbocycles. The Kier molecular flexibility index (Phi) is 5.26. The molecule has 21 heavy (non-hydrogen) atoms. The third-order valence-electron chi connectivity index (χ3n) is 4.05. The quantitative estimate of drug-likeness (QED) is 0.892. The molecule has 0 bridgehead atoms. The first kappa shape index (κ1) is 15.4. The third-order valence-corrected chi connectivity index (χ3v) is 4.05. The van der Waals surface area contributed by atoms with E-state index in [9.17, 15) is 9.90 Å². The number of aromatic hydroxyl groups is 1.